The Hall–Kier alpha value is -1.44. The maximum Gasteiger partial charge on any atom is 0.345 e. The van der Waals surface area contributed by atoms with Crippen LogP contribution in [0.3, 0.4) is 0 Å². The summed E-state index contributed by atoms with van der Waals surface area (Å²) in [6.07, 6.45) is 0.157. The molecule has 0 aliphatic carbocycles. The van der Waals surface area contributed by atoms with Crippen LogP contribution in [0.5, 0.6) is 0 Å². The topological polar surface area (TPSA) is 80.3 Å². The van der Waals surface area contributed by atoms with Gasteiger partial charge in [0, 0.05) is 0 Å². The fourth-order valence-electron chi connectivity index (χ4n) is 1.12. The number of carbonyl (C=O) groups excluding carboxylic acids is 2. The third kappa shape index (κ3) is 3.52. The first kappa shape index (κ1) is 13.6. The van der Waals surface area contributed by atoms with E-state index in [1.165, 1.54) is 0 Å². The van der Waals surface area contributed by atoms with Gasteiger partial charge in [-0.1, -0.05) is 0 Å². The molecule has 0 spiro atoms. The molecule has 1 saturated heterocycles. The Morgan fingerprint density at radius 2 is 1.71 bits per heavy atom. The van der Waals surface area contributed by atoms with E-state index in [2.05, 4.69) is 9.47 Å². The van der Waals surface area contributed by atoms with Gasteiger partial charge in [0.05, 0.1) is 14.2 Å². The lowest BCUT2D eigenvalue weighted by atomic mass is 10.2. The molecule has 1 rings (SSSR count). The summed E-state index contributed by atoms with van der Waals surface area (Å²) in [7, 11) is 2.30. The molecule has 7 heteroatoms. The Labute approximate surface area is 98.1 Å². The smallest absolute Gasteiger partial charge is 0.345 e. The minimum Gasteiger partial charge on any atom is -0.465 e. The first-order valence-corrected chi connectivity index (χ1v) is 4.80. The fourth-order valence-corrected chi connectivity index (χ4v) is 1.12. The quantitative estimate of drug-likeness (QED) is 0.233. The second kappa shape index (κ2) is 5.26. The van der Waals surface area contributed by atoms with Gasteiger partial charge in [0.2, 0.25) is 6.29 Å². The van der Waals surface area contributed by atoms with Gasteiger partial charge in [-0.15, -0.1) is 0 Å². The number of methoxy groups -OCH3 is 2. The number of hydrogen-bond donors (Lipinski definition) is 0. The van der Waals surface area contributed by atoms with Crippen molar-refractivity contribution in [1.29, 1.82) is 0 Å². The molecule has 0 aromatic carbocycles. The summed E-state index contributed by atoms with van der Waals surface area (Å²) < 4.78 is 14.1. The molecule has 0 N–H and O–H groups in total. The van der Waals surface area contributed by atoms with Crippen LogP contribution in [0.1, 0.15) is 13.8 Å². The molecule has 7 nitrogen and oxygen atoms in total. The van der Waals surface area contributed by atoms with Crippen LogP contribution in [0.15, 0.2) is 11.6 Å². The summed E-state index contributed by atoms with van der Waals surface area (Å²) in [6.45, 7) is 3.24. The summed E-state index contributed by atoms with van der Waals surface area (Å²) in [4.78, 5) is 32.2. The van der Waals surface area contributed by atoms with E-state index >= 15 is 0 Å². The first-order chi connectivity index (χ1) is 7.89. The molecular weight excluding hydrogens is 232 g/mol. The van der Waals surface area contributed by atoms with Crippen molar-refractivity contribution >= 4 is 11.9 Å². The number of carbonyl (C=O) groups is 2. The average molecular weight is 246 g/mol. The van der Waals surface area contributed by atoms with Crippen LogP contribution < -0.4 is 0 Å². The van der Waals surface area contributed by atoms with E-state index in [4.69, 9.17) is 14.5 Å². The number of hydrogen-bond acceptors (Lipinski definition) is 7. The van der Waals surface area contributed by atoms with Gasteiger partial charge in [0.15, 0.2) is 5.79 Å². The van der Waals surface area contributed by atoms with Crippen LogP contribution in [0.2, 0.25) is 0 Å². The largest absolute Gasteiger partial charge is 0.465 e. The number of ether oxygens (including phenoxy) is 3. The molecular formula is C10H14O7. The molecule has 1 heterocycles. The highest BCUT2D eigenvalue weighted by molar-refractivity contribution is 6.14. The van der Waals surface area contributed by atoms with E-state index in [9.17, 15) is 9.59 Å². The Morgan fingerprint density at radius 3 is 2.06 bits per heavy atom. The highest BCUT2D eigenvalue weighted by Crippen LogP contribution is 2.25. The zero-order valence-corrected chi connectivity index (χ0v) is 10.0. The molecule has 0 amide bonds. The third-order valence-electron chi connectivity index (χ3n) is 1.86. The van der Waals surface area contributed by atoms with Crippen LogP contribution in [0.4, 0.5) is 0 Å². The molecule has 96 valence electrons. The fraction of sp³-hybridized carbons (Fsp3) is 0.600. The van der Waals surface area contributed by atoms with Crippen molar-refractivity contribution in [2.75, 3.05) is 14.2 Å². The van der Waals surface area contributed by atoms with Gasteiger partial charge in [-0.25, -0.2) is 9.59 Å². The van der Waals surface area contributed by atoms with E-state index in [1.807, 2.05) is 0 Å². The Morgan fingerprint density at radius 1 is 1.18 bits per heavy atom. The van der Waals surface area contributed by atoms with Crippen molar-refractivity contribution in [3.8, 4) is 0 Å². The number of esters is 2. The van der Waals surface area contributed by atoms with Crippen LogP contribution >= 0.6 is 0 Å². The average Bonchev–Trinajstić information content (AvgIpc) is 2.63. The van der Waals surface area contributed by atoms with Gasteiger partial charge in [0.25, 0.3) is 0 Å². The minimum absolute atomic E-state index is 0.318. The highest BCUT2D eigenvalue weighted by atomic mass is 17.3. The lowest BCUT2D eigenvalue weighted by molar-refractivity contribution is -0.316. The Kier molecular flexibility index (Phi) is 4.22. The van der Waals surface area contributed by atoms with Crippen molar-refractivity contribution in [2.45, 2.75) is 25.9 Å². The minimum atomic E-state index is -0.974. The van der Waals surface area contributed by atoms with Crippen LogP contribution in [0.25, 0.3) is 0 Å². The van der Waals surface area contributed by atoms with Crippen molar-refractivity contribution in [3.05, 3.63) is 11.6 Å². The lowest BCUT2D eigenvalue weighted by Gasteiger charge is -2.11. The maximum atomic E-state index is 11.3. The molecule has 0 bridgehead atoms. The summed E-state index contributed by atoms with van der Waals surface area (Å²) in [5.41, 5.74) is -0.318. The Bertz CT molecular complexity index is 327. The standard InChI is InChI=1S/C10H14O7/c1-10(2)15-7(16-17-10)5-6(8(11)13-3)9(12)14-4/h5,7H,1-4H3. The predicted octanol–water partition coefficient (Wildman–Crippen LogP) is 0.299. The molecule has 1 atom stereocenters. The molecule has 0 saturated carbocycles. The third-order valence-corrected chi connectivity index (χ3v) is 1.86. The zero-order chi connectivity index (χ0) is 13.1. The molecule has 0 aromatic rings. The summed E-state index contributed by atoms with van der Waals surface area (Å²) >= 11 is 0. The van der Waals surface area contributed by atoms with Gasteiger partial charge in [-0.3, -0.25) is 0 Å². The van der Waals surface area contributed by atoms with Crippen molar-refractivity contribution in [2.24, 2.45) is 0 Å². The summed E-state index contributed by atoms with van der Waals surface area (Å²) in [5.74, 6) is -2.62. The molecule has 1 unspecified atom stereocenters. The predicted molar refractivity (Wildman–Crippen MR) is 53.2 cm³/mol. The summed E-state index contributed by atoms with van der Waals surface area (Å²) in [5, 5.41) is 0. The maximum absolute atomic E-state index is 11.3. The van der Waals surface area contributed by atoms with E-state index in [0.717, 1.165) is 20.3 Å². The van der Waals surface area contributed by atoms with Gasteiger partial charge in [0.1, 0.15) is 5.57 Å². The van der Waals surface area contributed by atoms with Gasteiger partial charge >= 0.3 is 11.9 Å². The Balaban J connectivity index is 2.84. The van der Waals surface area contributed by atoms with Crippen LogP contribution in [0, 0.1) is 0 Å². The first-order valence-electron chi connectivity index (χ1n) is 4.80. The van der Waals surface area contributed by atoms with Gasteiger partial charge in [-0.05, 0) is 19.9 Å². The molecule has 1 aliphatic rings. The second-order valence-corrected chi connectivity index (χ2v) is 3.63. The van der Waals surface area contributed by atoms with E-state index in [1.54, 1.807) is 13.8 Å². The molecule has 0 aromatic heterocycles. The normalized spacial score (nSPS) is 21.8. The van der Waals surface area contributed by atoms with E-state index in [0.29, 0.717) is 0 Å². The highest BCUT2D eigenvalue weighted by Gasteiger charge is 2.35. The lowest BCUT2D eigenvalue weighted by Crippen LogP contribution is -2.22. The van der Waals surface area contributed by atoms with Gasteiger partial charge in [-0.2, -0.15) is 9.78 Å². The van der Waals surface area contributed by atoms with Crippen LogP contribution in [-0.2, 0) is 33.6 Å². The van der Waals surface area contributed by atoms with Crippen molar-refractivity contribution in [3.63, 3.8) is 0 Å². The molecule has 1 aliphatic heterocycles. The van der Waals surface area contributed by atoms with E-state index in [-0.39, 0.29) is 5.57 Å². The zero-order valence-electron chi connectivity index (χ0n) is 10.0. The van der Waals surface area contributed by atoms with Gasteiger partial charge < -0.3 is 14.2 Å². The van der Waals surface area contributed by atoms with E-state index < -0.39 is 24.0 Å². The molecule has 1 fully saturated rings. The summed E-state index contributed by atoms with van der Waals surface area (Å²) in [6, 6.07) is 0. The van der Waals surface area contributed by atoms with Crippen molar-refractivity contribution in [1.82, 2.24) is 0 Å². The molecule has 0 radical (unpaired) electrons. The monoisotopic (exact) mass is 246 g/mol. The number of rotatable bonds is 3. The van der Waals surface area contributed by atoms with Crippen LogP contribution in [-0.4, -0.2) is 38.2 Å². The second-order valence-electron chi connectivity index (χ2n) is 3.63. The molecule has 17 heavy (non-hydrogen) atoms. The SMILES string of the molecule is COC(=O)C(=CC1OOC(C)(C)O1)C(=O)OC. The van der Waals surface area contributed by atoms with Crippen molar-refractivity contribution < 1.29 is 33.6 Å².